The minimum Gasteiger partial charge on any atom is -0.375 e. The molecule has 0 amide bonds. The van der Waals surface area contributed by atoms with Crippen LogP contribution in [0.1, 0.15) is 27.2 Å². The summed E-state index contributed by atoms with van der Waals surface area (Å²) in [6.45, 7) is 5.91. The van der Waals surface area contributed by atoms with Gasteiger partial charge < -0.3 is 5.32 Å². The van der Waals surface area contributed by atoms with Crippen LogP contribution in [0.2, 0.25) is 5.02 Å². The lowest BCUT2D eigenvalue weighted by Gasteiger charge is -2.17. The predicted molar refractivity (Wildman–Crippen MR) is 70.6 cm³/mol. The topological polar surface area (TPSA) is 55.2 Å². The molecule has 6 heteroatoms. The molecule has 0 aliphatic heterocycles. The van der Waals surface area contributed by atoms with E-state index >= 15 is 0 Å². The van der Waals surface area contributed by atoms with Crippen molar-refractivity contribution in [1.29, 1.82) is 0 Å². The van der Waals surface area contributed by atoms with Gasteiger partial charge in [0.2, 0.25) is 0 Å². The lowest BCUT2D eigenvalue weighted by atomic mass is 10.0. The van der Waals surface area contributed by atoms with Gasteiger partial charge in [0.05, 0.1) is 9.95 Å². The van der Waals surface area contributed by atoms with Crippen molar-refractivity contribution in [3.05, 3.63) is 33.1 Å². The number of nitrogens with zero attached hydrogens (tertiary/aromatic N) is 1. The summed E-state index contributed by atoms with van der Waals surface area (Å²) in [6.07, 6.45) is 0.781. The molecule has 1 atom stereocenters. The predicted octanol–water partition coefficient (Wildman–Crippen LogP) is 4.23. The maximum absolute atomic E-state index is 13.8. The first kappa shape index (κ1) is 14.7. The monoisotopic (exact) mass is 274 g/mol. The first-order valence-corrected chi connectivity index (χ1v) is 6.09. The number of halogens is 2. The zero-order valence-corrected chi connectivity index (χ0v) is 11.3. The molecule has 1 unspecified atom stereocenters. The second-order valence-electron chi connectivity index (χ2n) is 4.69. The average molecular weight is 275 g/mol. The van der Waals surface area contributed by atoms with Crippen LogP contribution in [-0.4, -0.2) is 11.0 Å². The highest BCUT2D eigenvalue weighted by atomic mass is 35.5. The molecule has 0 radical (unpaired) electrons. The van der Waals surface area contributed by atoms with Crippen LogP contribution < -0.4 is 5.32 Å². The highest BCUT2D eigenvalue weighted by Gasteiger charge is 2.22. The molecule has 0 aromatic heterocycles. The molecule has 100 valence electrons. The summed E-state index contributed by atoms with van der Waals surface area (Å²) in [6, 6.07) is 2.32. The van der Waals surface area contributed by atoms with Crippen LogP contribution in [-0.2, 0) is 0 Å². The Labute approximate surface area is 110 Å². The molecule has 0 bridgehead atoms. The Kier molecular flexibility index (Phi) is 4.90. The van der Waals surface area contributed by atoms with Crippen LogP contribution in [0.3, 0.4) is 0 Å². The quantitative estimate of drug-likeness (QED) is 0.645. The van der Waals surface area contributed by atoms with Crippen molar-refractivity contribution in [2.24, 2.45) is 5.92 Å². The van der Waals surface area contributed by atoms with E-state index in [0.29, 0.717) is 5.92 Å². The molecule has 0 heterocycles. The first-order chi connectivity index (χ1) is 8.32. The lowest BCUT2D eigenvalue weighted by Crippen LogP contribution is -2.19. The molecule has 0 aliphatic carbocycles. The summed E-state index contributed by atoms with van der Waals surface area (Å²) in [7, 11) is 0. The molecular formula is C12H16ClFN2O2. The summed E-state index contributed by atoms with van der Waals surface area (Å²) in [4.78, 5) is 10.2. The lowest BCUT2D eigenvalue weighted by molar-refractivity contribution is -0.384. The van der Waals surface area contributed by atoms with Crippen LogP contribution in [0, 0.1) is 21.8 Å². The summed E-state index contributed by atoms with van der Waals surface area (Å²) >= 11 is 5.64. The molecule has 1 aromatic rings. The van der Waals surface area contributed by atoms with E-state index in [1.807, 2.05) is 20.8 Å². The second kappa shape index (κ2) is 6.00. The molecule has 18 heavy (non-hydrogen) atoms. The van der Waals surface area contributed by atoms with E-state index in [1.165, 1.54) is 12.1 Å². The molecule has 1 aromatic carbocycles. The molecule has 1 N–H and O–H groups in total. The van der Waals surface area contributed by atoms with Crippen LogP contribution in [0.25, 0.3) is 0 Å². The largest absolute Gasteiger partial charge is 0.375 e. The Morgan fingerprint density at radius 1 is 1.44 bits per heavy atom. The number of nitrogens with one attached hydrogen (secondary N) is 1. The minimum atomic E-state index is -0.776. The fourth-order valence-electron chi connectivity index (χ4n) is 1.84. The van der Waals surface area contributed by atoms with E-state index in [4.69, 9.17) is 11.6 Å². The van der Waals surface area contributed by atoms with Gasteiger partial charge >= 0.3 is 0 Å². The van der Waals surface area contributed by atoms with Gasteiger partial charge in [-0.25, -0.2) is 4.39 Å². The summed E-state index contributed by atoms with van der Waals surface area (Å²) in [5.41, 5.74) is -0.437. The first-order valence-electron chi connectivity index (χ1n) is 5.71. The number of nitro benzene ring substituents is 1. The average Bonchev–Trinajstić information content (AvgIpc) is 2.23. The third-order valence-electron chi connectivity index (χ3n) is 2.49. The van der Waals surface area contributed by atoms with Crippen LogP contribution in [0.15, 0.2) is 12.1 Å². The number of hydrogen-bond donors (Lipinski definition) is 1. The van der Waals surface area contributed by atoms with Crippen molar-refractivity contribution in [2.75, 3.05) is 5.32 Å². The van der Waals surface area contributed by atoms with E-state index in [9.17, 15) is 14.5 Å². The van der Waals surface area contributed by atoms with Crippen molar-refractivity contribution < 1.29 is 9.31 Å². The Bertz CT molecular complexity index is 452. The standard InChI is InChI=1S/C12H16ClFN2O2/c1-7(2)6-8(3)15-12-10(16(17)18)5-4-9(13)11(12)14/h4-5,7-8,15H,6H2,1-3H3. The van der Waals surface area contributed by atoms with Crippen LogP contribution >= 0.6 is 11.6 Å². The van der Waals surface area contributed by atoms with Gasteiger partial charge in [-0.3, -0.25) is 10.1 Å². The Hall–Kier alpha value is -1.36. The third kappa shape index (κ3) is 3.57. The molecule has 4 nitrogen and oxygen atoms in total. The Morgan fingerprint density at radius 3 is 2.56 bits per heavy atom. The molecule has 1 rings (SSSR count). The van der Waals surface area contributed by atoms with E-state index in [2.05, 4.69) is 5.32 Å². The fraction of sp³-hybridized carbons (Fsp3) is 0.500. The van der Waals surface area contributed by atoms with Gasteiger partial charge in [-0.15, -0.1) is 0 Å². The smallest absolute Gasteiger partial charge is 0.295 e. The highest BCUT2D eigenvalue weighted by Crippen LogP contribution is 2.33. The summed E-state index contributed by atoms with van der Waals surface area (Å²) in [5.74, 6) is -0.365. The molecule has 0 saturated heterocycles. The van der Waals surface area contributed by atoms with E-state index < -0.39 is 10.7 Å². The summed E-state index contributed by atoms with van der Waals surface area (Å²) in [5, 5.41) is 13.6. The zero-order valence-electron chi connectivity index (χ0n) is 10.5. The van der Waals surface area contributed by atoms with Gasteiger partial charge in [0.15, 0.2) is 11.5 Å². The zero-order chi connectivity index (χ0) is 13.9. The second-order valence-corrected chi connectivity index (χ2v) is 5.09. The van der Waals surface area contributed by atoms with E-state index in [0.717, 1.165) is 6.42 Å². The van der Waals surface area contributed by atoms with Crippen molar-refractivity contribution >= 4 is 23.0 Å². The maximum atomic E-state index is 13.8. The Balaban J connectivity index is 3.05. The van der Waals surface area contributed by atoms with Gasteiger partial charge in [0, 0.05) is 12.1 Å². The third-order valence-corrected chi connectivity index (χ3v) is 2.78. The van der Waals surface area contributed by atoms with E-state index in [1.54, 1.807) is 0 Å². The van der Waals surface area contributed by atoms with Gasteiger partial charge in [-0.1, -0.05) is 25.4 Å². The SMILES string of the molecule is CC(C)CC(C)Nc1c([N+](=O)[O-])ccc(Cl)c1F. The summed E-state index contributed by atoms with van der Waals surface area (Å²) < 4.78 is 13.8. The molecule has 0 aliphatic rings. The van der Waals surface area contributed by atoms with Gasteiger partial charge in [-0.2, -0.15) is 0 Å². The fourth-order valence-corrected chi connectivity index (χ4v) is 2.00. The van der Waals surface area contributed by atoms with Crippen molar-refractivity contribution in [1.82, 2.24) is 0 Å². The minimum absolute atomic E-state index is 0.0725. The van der Waals surface area contributed by atoms with Gasteiger partial charge in [-0.05, 0) is 25.3 Å². The van der Waals surface area contributed by atoms with Crippen LogP contribution in [0.4, 0.5) is 15.8 Å². The van der Waals surface area contributed by atoms with Gasteiger partial charge in [0.25, 0.3) is 5.69 Å². The highest BCUT2D eigenvalue weighted by molar-refractivity contribution is 6.31. The Morgan fingerprint density at radius 2 is 2.06 bits per heavy atom. The van der Waals surface area contributed by atoms with Crippen LogP contribution in [0.5, 0.6) is 0 Å². The normalized spacial score (nSPS) is 12.6. The van der Waals surface area contributed by atoms with Crippen molar-refractivity contribution in [3.63, 3.8) is 0 Å². The number of anilines is 1. The number of benzene rings is 1. The number of nitro groups is 1. The van der Waals surface area contributed by atoms with Gasteiger partial charge in [0.1, 0.15) is 0 Å². The van der Waals surface area contributed by atoms with E-state index in [-0.39, 0.29) is 22.4 Å². The molecule has 0 fully saturated rings. The molecular weight excluding hydrogens is 259 g/mol. The molecule has 0 saturated carbocycles. The molecule has 0 spiro atoms. The van der Waals surface area contributed by atoms with Crippen molar-refractivity contribution in [2.45, 2.75) is 33.2 Å². The van der Waals surface area contributed by atoms with Crippen molar-refractivity contribution in [3.8, 4) is 0 Å². The number of hydrogen-bond acceptors (Lipinski definition) is 3. The maximum Gasteiger partial charge on any atom is 0.295 e. The number of rotatable bonds is 5.